The predicted molar refractivity (Wildman–Crippen MR) is 56.2 cm³/mol. The molecule has 0 bridgehead atoms. The molecule has 0 amide bonds. The monoisotopic (exact) mass is 245 g/mol. The molecule has 1 aromatic carbocycles. The average Bonchev–Trinajstić information content (AvgIpc) is 1.99. The van der Waals surface area contributed by atoms with Gasteiger partial charge in [0.15, 0.2) is 0 Å². The summed E-state index contributed by atoms with van der Waals surface area (Å²) < 4.78 is 13.7. The lowest BCUT2D eigenvalue weighted by Crippen LogP contribution is -2.11. The van der Waals surface area contributed by atoms with Gasteiger partial charge in [-0.25, -0.2) is 4.39 Å². The van der Waals surface area contributed by atoms with Crippen molar-refractivity contribution in [2.45, 2.75) is 13.5 Å². The second kappa shape index (κ2) is 4.20. The first kappa shape index (κ1) is 10.7. The number of aryl methyl sites for hydroxylation is 1. The van der Waals surface area contributed by atoms with Crippen molar-refractivity contribution in [3.63, 3.8) is 0 Å². The normalized spacial score (nSPS) is 10.9. The molecule has 0 unspecified atom stereocenters. The van der Waals surface area contributed by atoms with Gasteiger partial charge in [-0.15, -0.1) is 0 Å². The van der Waals surface area contributed by atoms with Gasteiger partial charge in [0.1, 0.15) is 5.82 Å². The van der Waals surface area contributed by atoms with Gasteiger partial charge in [0, 0.05) is 6.54 Å². The average molecular weight is 246 g/mol. The molecule has 1 aromatic rings. The third kappa shape index (κ3) is 2.78. The van der Waals surface area contributed by atoms with Crippen LogP contribution in [0, 0.1) is 12.7 Å². The maximum Gasteiger partial charge on any atom is 0.137 e. The molecule has 0 saturated heterocycles. The van der Waals surface area contributed by atoms with Crippen molar-refractivity contribution in [2.24, 2.45) is 0 Å². The van der Waals surface area contributed by atoms with Crippen LogP contribution in [0.3, 0.4) is 0 Å². The highest BCUT2D eigenvalue weighted by atomic mass is 79.9. The predicted octanol–water partition coefficient (Wildman–Crippen LogP) is 2.96. The quantitative estimate of drug-likeness (QED) is 0.775. The van der Waals surface area contributed by atoms with E-state index in [-0.39, 0.29) is 5.82 Å². The molecule has 0 N–H and O–H groups in total. The molecule has 1 nitrogen and oxygen atoms in total. The lowest BCUT2D eigenvalue weighted by Gasteiger charge is -2.12. The van der Waals surface area contributed by atoms with E-state index in [1.165, 1.54) is 0 Å². The fraction of sp³-hybridized carbons (Fsp3) is 0.400. The molecule has 0 atom stereocenters. The third-order valence-electron chi connectivity index (χ3n) is 1.87. The minimum Gasteiger partial charge on any atom is -0.305 e. The Labute approximate surface area is 86.7 Å². The zero-order valence-electron chi connectivity index (χ0n) is 8.06. The summed E-state index contributed by atoms with van der Waals surface area (Å²) in [5, 5.41) is 0. The van der Waals surface area contributed by atoms with E-state index in [0.717, 1.165) is 17.7 Å². The van der Waals surface area contributed by atoms with E-state index >= 15 is 0 Å². The first-order valence-corrected chi connectivity index (χ1v) is 4.89. The maximum atomic E-state index is 13.1. The zero-order chi connectivity index (χ0) is 10.0. The fourth-order valence-electron chi connectivity index (χ4n) is 1.20. The van der Waals surface area contributed by atoms with E-state index < -0.39 is 0 Å². The minimum absolute atomic E-state index is 0.192. The Hall–Kier alpha value is -0.410. The van der Waals surface area contributed by atoms with Gasteiger partial charge in [-0.2, -0.15) is 0 Å². The van der Waals surface area contributed by atoms with Crippen LogP contribution in [0.5, 0.6) is 0 Å². The Morgan fingerprint density at radius 1 is 1.38 bits per heavy atom. The number of hydrogen-bond acceptors (Lipinski definition) is 1. The van der Waals surface area contributed by atoms with E-state index in [1.54, 1.807) is 6.07 Å². The first-order valence-electron chi connectivity index (χ1n) is 4.10. The van der Waals surface area contributed by atoms with Gasteiger partial charge in [-0.1, -0.05) is 0 Å². The summed E-state index contributed by atoms with van der Waals surface area (Å²) in [6.45, 7) is 2.76. The summed E-state index contributed by atoms with van der Waals surface area (Å²) in [4.78, 5) is 2.02. The number of rotatable bonds is 2. The van der Waals surface area contributed by atoms with Crippen LogP contribution in [0.15, 0.2) is 16.6 Å². The molecule has 0 radical (unpaired) electrons. The van der Waals surface area contributed by atoms with Crippen LogP contribution in [-0.2, 0) is 6.54 Å². The molecule has 0 aliphatic carbocycles. The summed E-state index contributed by atoms with van der Waals surface area (Å²) in [6.07, 6.45) is 0. The smallest absolute Gasteiger partial charge is 0.137 e. The van der Waals surface area contributed by atoms with E-state index in [2.05, 4.69) is 15.9 Å². The minimum atomic E-state index is -0.192. The number of hydrogen-bond donors (Lipinski definition) is 0. The van der Waals surface area contributed by atoms with Crippen LogP contribution in [-0.4, -0.2) is 19.0 Å². The Kier molecular flexibility index (Phi) is 3.45. The van der Waals surface area contributed by atoms with Gasteiger partial charge in [0.25, 0.3) is 0 Å². The Bertz CT molecular complexity index is 310. The van der Waals surface area contributed by atoms with Gasteiger partial charge in [-0.05, 0) is 60.2 Å². The molecular weight excluding hydrogens is 233 g/mol. The molecule has 0 heterocycles. The summed E-state index contributed by atoms with van der Waals surface area (Å²) in [7, 11) is 3.94. The molecule has 3 heteroatoms. The SMILES string of the molecule is Cc1cc(Br)c(F)cc1CN(C)C. The Morgan fingerprint density at radius 3 is 2.54 bits per heavy atom. The van der Waals surface area contributed by atoms with Crippen molar-refractivity contribution in [2.75, 3.05) is 14.1 Å². The van der Waals surface area contributed by atoms with Gasteiger partial charge in [0.05, 0.1) is 4.47 Å². The van der Waals surface area contributed by atoms with Crippen molar-refractivity contribution in [3.05, 3.63) is 33.5 Å². The standard InChI is InChI=1S/C10H13BrFN/c1-7-4-9(11)10(12)5-8(7)6-13(2)3/h4-5H,6H2,1-3H3. The molecule has 0 aromatic heterocycles. The summed E-state index contributed by atoms with van der Waals surface area (Å²) in [5.41, 5.74) is 2.15. The third-order valence-corrected chi connectivity index (χ3v) is 2.47. The summed E-state index contributed by atoms with van der Waals surface area (Å²) >= 11 is 3.16. The van der Waals surface area contributed by atoms with E-state index in [1.807, 2.05) is 32.0 Å². The van der Waals surface area contributed by atoms with Crippen LogP contribution in [0.4, 0.5) is 4.39 Å². The number of benzene rings is 1. The molecule has 1 rings (SSSR count). The maximum absolute atomic E-state index is 13.1. The molecule has 0 saturated carbocycles. The zero-order valence-corrected chi connectivity index (χ0v) is 9.65. The Balaban J connectivity index is 3.01. The van der Waals surface area contributed by atoms with Crippen molar-refractivity contribution < 1.29 is 4.39 Å². The lowest BCUT2D eigenvalue weighted by atomic mass is 10.1. The van der Waals surface area contributed by atoms with Crippen LogP contribution >= 0.6 is 15.9 Å². The van der Waals surface area contributed by atoms with Gasteiger partial charge >= 0.3 is 0 Å². The number of halogens is 2. The largest absolute Gasteiger partial charge is 0.305 e. The molecule has 0 spiro atoms. The lowest BCUT2D eigenvalue weighted by molar-refractivity contribution is 0.400. The van der Waals surface area contributed by atoms with E-state index in [4.69, 9.17) is 0 Å². The highest BCUT2D eigenvalue weighted by molar-refractivity contribution is 9.10. The van der Waals surface area contributed by atoms with Crippen molar-refractivity contribution in [1.29, 1.82) is 0 Å². The van der Waals surface area contributed by atoms with Crippen LogP contribution in [0.2, 0.25) is 0 Å². The van der Waals surface area contributed by atoms with Crippen LogP contribution < -0.4 is 0 Å². The topological polar surface area (TPSA) is 3.24 Å². The second-order valence-electron chi connectivity index (χ2n) is 3.43. The van der Waals surface area contributed by atoms with Crippen molar-refractivity contribution in [3.8, 4) is 0 Å². The van der Waals surface area contributed by atoms with Gasteiger partial charge < -0.3 is 4.90 Å². The van der Waals surface area contributed by atoms with Crippen LogP contribution in [0.25, 0.3) is 0 Å². The van der Waals surface area contributed by atoms with E-state index in [9.17, 15) is 4.39 Å². The molecule has 0 aliphatic heterocycles. The highest BCUT2D eigenvalue weighted by Gasteiger charge is 2.05. The molecule has 0 aliphatic rings. The first-order chi connectivity index (χ1) is 6.00. The van der Waals surface area contributed by atoms with E-state index in [0.29, 0.717) is 4.47 Å². The Morgan fingerprint density at radius 2 is 2.00 bits per heavy atom. The fourth-order valence-corrected chi connectivity index (χ4v) is 1.66. The second-order valence-corrected chi connectivity index (χ2v) is 4.28. The van der Waals surface area contributed by atoms with Crippen molar-refractivity contribution >= 4 is 15.9 Å². The van der Waals surface area contributed by atoms with Gasteiger partial charge in [-0.3, -0.25) is 0 Å². The summed E-state index contributed by atoms with van der Waals surface area (Å²) in [6, 6.07) is 3.40. The molecule has 0 fully saturated rings. The molecule has 13 heavy (non-hydrogen) atoms. The summed E-state index contributed by atoms with van der Waals surface area (Å²) in [5.74, 6) is -0.192. The molecular formula is C10H13BrFN. The molecule has 72 valence electrons. The number of nitrogens with zero attached hydrogens (tertiary/aromatic N) is 1. The van der Waals surface area contributed by atoms with Crippen LogP contribution in [0.1, 0.15) is 11.1 Å². The van der Waals surface area contributed by atoms with Gasteiger partial charge in [0.2, 0.25) is 0 Å². The van der Waals surface area contributed by atoms with Crippen molar-refractivity contribution in [1.82, 2.24) is 4.90 Å². The highest BCUT2D eigenvalue weighted by Crippen LogP contribution is 2.20.